The van der Waals surface area contributed by atoms with Crippen LogP contribution in [0.4, 0.5) is 0 Å². The molecule has 1 unspecified atom stereocenters. The molecule has 20 heavy (non-hydrogen) atoms. The van der Waals surface area contributed by atoms with Gasteiger partial charge in [-0.1, -0.05) is 45.2 Å². The third kappa shape index (κ3) is 4.14. The first-order valence-corrected chi connectivity index (χ1v) is 7.93. The number of nitrogens with one attached hydrogen (secondary N) is 1. The van der Waals surface area contributed by atoms with Gasteiger partial charge in [-0.3, -0.25) is 0 Å². The van der Waals surface area contributed by atoms with E-state index in [1.165, 1.54) is 31.2 Å². The van der Waals surface area contributed by atoms with Gasteiger partial charge in [0.15, 0.2) is 11.5 Å². The summed E-state index contributed by atoms with van der Waals surface area (Å²) in [5, 5.41) is 3.58. The van der Waals surface area contributed by atoms with Crippen LogP contribution in [-0.4, -0.2) is 19.8 Å². The summed E-state index contributed by atoms with van der Waals surface area (Å²) in [7, 11) is 0. The first kappa shape index (κ1) is 15.2. The van der Waals surface area contributed by atoms with Gasteiger partial charge in [0, 0.05) is 12.1 Å². The van der Waals surface area contributed by atoms with Gasteiger partial charge >= 0.3 is 0 Å². The maximum atomic E-state index is 5.74. The van der Waals surface area contributed by atoms with Gasteiger partial charge in [0.2, 0.25) is 0 Å². The van der Waals surface area contributed by atoms with Gasteiger partial charge in [0.05, 0.1) is 0 Å². The molecule has 1 aromatic rings. The van der Waals surface area contributed by atoms with E-state index < -0.39 is 0 Å². The summed E-state index contributed by atoms with van der Waals surface area (Å²) in [6, 6.07) is 6.14. The second kappa shape index (κ2) is 8.15. The predicted molar refractivity (Wildman–Crippen MR) is 82.4 cm³/mol. The van der Waals surface area contributed by atoms with Crippen LogP contribution in [0.15, 0.2) is 18.2 Å². The average Bonchev–Trinajstić information content (AvgIpc) is 2.51. The second-order valence-electron chi connectivity index (χ2n) is 5.49. The van der Waals surface area contributed by atoms with Gasteiger partial charge in [-0.05, 0) is 24.9 Å². The fourth-order valence-electron chi connectivity index (χ4n) is 2.63. The van der Waals surface area contributed by atoms with Crippen molar-refractivity contribution in [2.45, 2.75) is 46.1 Å². The first-order valence-electron chi connectivity index (χ1n) is 7.93. The van der Waals surface area contributed by atoms with Gasteiger partial charge in [-0.2, -0.15) is 0 Å². The van der Waals surface area contributed by atoms with E-state index in [0.717, 1.165) is 30.5 Å². The van der Waals surface area contributed by atoms with Crippen LogP contribution >= 0.6 is 0 Å². The zero-order valence-electron chi connectivity index (χ0n) is 12.8. The molecule has 0 amide bonds. The number of rotatable bonds is 8. The molecule has 1 aliphatic heterocycles. The Morgan fingerprint density at radius 3 is 2.85 bits per heavy atom. The van der Waals surface area contributed by atoms with Crippen LogP contribution < -0.4 is 14.8 Å². The highest BCUT2D eigenvalue weighted by atomic mass is 16.6. The molecule has 0 aromatic heterocycles. The fraction of sp³-hybridized carbons (Fsp3) is 0.647. The summed E-state index contributed by atoms with van der Waals surface area (Å²) < 4.78 is 11.4. The zero-order valence-corrected chi connectivity index (χ0v) is 12.8. The molecule has 0 fully saturated rings. The third-order valence-corrected chi connectivity index (χ3v) is 3.94. The summed E-state index contributed by atoms with van der Waals surface area (Å²) in [5.41, 5.74) is 1.20. The lowest BCUT2D eigenvalue weighted by Gasteiger charge is -2.21. The van der Waals surface area contributed by atoms with Crippen LogP contribution in [0.2, 0.25) is 0 Å². The van der Waals surface area contributed by atoms with E-state index in [1.54, 1.807) is 0 Å². The molecule has 1 aromatic carbocycles. The van der Waals surface area contributed by atoms with E-state index in [4.69, 9.17) is 9.47 Å². The molecule has 1 aliphatic rings. The Morgan fingerprint density at radius 2 is 2.05 bits per heavy atom. The minimum absolute atomic E-state index is 0.651. The van der Waals surface area contributed by atoms with E-state index in [2.05, 4.69) is 25.2 Å². The number of hydrogen-bond donors (Lipinski definition) is 1. The number of fused-ring (bicyclic) bond motifs is 1. The van der Waals surface area contributed by atoms with Crippen LogP contribution in [-0.2, 0) is 6.54 Å². The summed E-state index contributed by atoms with van der Waals surface area (Å²) >= 11 is 0. The SMILES string of the molecule is CCCCC(CC)CNCc1cccc2c1OCCO2. The molecular weight excluding hydrogens is 250 g/mol. The number of unbranched alkanes of at least 4 members (excludes halogenated alkanes) is 1. The molecule has 2 rings (SSSR count). The Bertz CT molecular complexity index is 406. The Labute approximate surface area is 122 Å². The van der Waals surface area contributed by atoms with Crippen LogP contribution in [0.3, 0.4) is 0 Å². The van der Waals surface area contributed by atoms with E-state index in [-0.39, 0.29) is 0 Å². The van der Waals surface area contributed by atoms with E-state index in [9.17, 15) is 0 Å². The monoisotopic (exact) mass is 277 g/mol. The molecular formula is C17H27NO2. The number of para-hydroxylation sites is 1. The molecule has 0 saturated carbocycles. The highest BCUT2D eigenvalue weighted by molar-refractivity contribution is 5.47. The molecule has 0 radical (unpaired) electrons. The molecule has 1 atom stereocenters. The van der Waals surface area contributed by atoms with Crippen LogP contribution in [0.5, 0.6) is 11.5 Å². The summed E-state index contributed by atoms with van der Waals surface area (Å²) in [4.78, 5) is 0. The number of hydrogen-bond acceptors (Lipinski definition) is 3. The average molecular weight is 277 g/mol. The van der Waals surface area contributed by atoms with Gasteiger partial charge in [-0.15, -0.1) is 0 Å². The van der Waals surface area contributed by atoms with Crippen LogP contribution in [0.1, 0.15) is 45.1 Å². The van der Waals surface area contributed by atoms with E-state index in [1.807, 2.05) is 12.1 Å². The van der Waals surface area contributed by atoms with Crippen molar-refractivity contribution in [3.8, 4) is 11.5 Å². The molecule has 0 saturated heterocycles. The van der Waals surface area contributed by atoms with Crippen molar-refractivity contribution in [1.82, 2.24) is 5.32 Å². The summed E-state index contributed by atoms with van der Waals surface area (Å²) in [6.07, 6.45) is 5.19. The Kier molecular flexibility index (Phi) is 6.19. The summed E-state index contributed by atoms with van der Waals surface area (Å²) in [5.74, 6) is 2.59. The van der Waals surface area contributed by atoms with Gasteiger partial charge in [-0.25, -0.2) is 0 Å². The molecule has 0 bridgehead atoms. The quantitative estimate of drug-likeness (QED) is 0.784. The Morgan fingerprint density at radius 1 is 1.20 bits per heavy atom. The molecule has 3 nitrogen and oxygen atoms in total. The Balaban J connectivity index is 1.84. The maximum absolute atomic E-state index is 5.74. The van der Waals surface area contributed by atoms with Gasteiger partial charge in [0.25, 0.3) is 0 Å². The predicted octanol–water partition coefficient (Wildman–Crippen LogP) is 3.76. The van der Waals surface area contributed by atoms with Crippen molar-refractivity contribution in [3.05, 3.63) is 23.8 Å². The maximum Gasteiger partial charge on any atom is 0.165 e. The third-order valence-electron chi connectivity index (χ3n) is 3.94. The standard InChI is InChI=1S/C17H27NO2/c1-3-5-7-14(4-2)12-18-13-15-8-6-9-16-17(15)20-11-10-19-16/h6,8-9,14,18H,3-5,7,10-13H2,1-2H3. The largest absolute Gasteiger partial charge is 0.486 e. The molecule has 0 aliphatic carbocycles. The smallest absolute Gasteiger partial charge is 0.165 e. The zero-order chi connectivity index (χ0) is 14.2. The lowest BCUT2D eigenvalue weighted by atomic mass is 9.99. The fourth-order valence-corrected chi connectivity index (χ4v) is 2.63. The van der Waals surface area contributed by atoms with E-state index in [0.29, 0.717) is 13.2 Å². The topological polar surface area (TPSA) is 30.5 Å². The van der Waals surface area contributed by atoms with Crippen molar-refractivity contribution in [3.63, 3.8) is 0 Å². The molecule has 3 heteroatoms. The lowest BCUT2D eigenvalue weighted by Crippen LogP contribution is -2.23. The van der Waals surface area contributed by atoms with E-state index >= 15 is 0 Å². The molecule has 0 spiro atoms. The van der Waals surface area contributed by atoms with Crippen molar-refractivity contribution >= 4 is 0 Å². The molecule has 1 N–H and O–H groups in total. The second-order valence-corrected chi connectivity index (χ2v) is 5.49. The minimum Gasteiger partial charge on any atom is -0.486 e. The lowest BCUT2D eigenvalue weighted by molar-refractivity contribution is 0.169. The highest BCUT2D eigenvalue weighted by Gasteiger charge is 2.15. The van der Waals surface area contributed by atoms with Gasteiger partial charge < -0.3 is 14.8 Å². The van der Waals surface area contributed by atoms with Crippen molar-refractivity contribution in [2.24, 2.45) is 5.92 Å². The van der Waals surface area contributed by atoms with Crippen molar-refractivity contribution in [1.29, 1.82) is 0 Å². The molecule has 1 heterocycles. The first-order chi connectivity index (χ1) is 9.85. The van der Waals surface area contributed by atoms with Crippen LogP contribution in [0, 0.1) is 5.92 Å². The normalized spacial score (nSPS) is 15.1. The van der Waals surface area contributed by atoms with Crippen molar-refractivity contribution in [2.75, 3.05) is 19.8 Å². The van der Waals surface area contributed by atoms with Crippen molar-refractivity contribution < 1.29 is 9.47 Å². The summed E-state index contributed by atoms with van der Waals surface area (Å²) in [6.45, 7) is 7.78. The highest BCUT2D eigenvalue weighted by Crippen LogP contribution is 2.33. The minimum atomic E-state index is 0.651. The van der Waals surface area contributed by atoms with Gasteiger partial charge in [0.1, 0.15) is 13.2 Å². The number of ether oxygens (including phenoxy) is 2. The Hall–Kier alpha value is -1.22. The number of benzene rings is 1. The molecule has 112 valence electrons. The van der Waals surface area contributed by atoms with Crippen LogP contribution in [0.25, 0.3) is 0 Å².